The number of benzene rings is 2. The van der Waals surface area contributed by atoms with E-state index in [4.69, 9.17) is 9.73 Å². The predicted octanol–water partition coefficient (Wildman–Crippen LogP) is 3.43. The number of amides is 1. The van der Waals surface area contributed by atoms with Crippen molar-refractivity contribution in [3.63, 3.8) is 0 Å². The van der Waals surface area contributed by atoms with E-state index >= 15 is 0 Å². The number of anilines is 1. The van der Waals surface area contributed by atoms with E-state index in [1.807, 2.05) is 54.6 Å². The van der Waals surface area contributed by atoms with Crippen molar-refractivity contribution < 1.29 is 19.4 Å². The fourth-order valence-electron chi connectivity index (χ4n) is 4.70. The van der Waals surface area contributed by atoms with E-state index in [1.165, 1.54) is 7.11 Å². The number of fused-ring (bicyclic) bond motifs is 1. The zero-order chi connectivity index (χ0) is 28.2. The number of carbonyl (C=O) groups excluding carboxylic acids is 2. The normalized spacial score (nSPS) is 14.8. The Bertz CT molecular complexity index is 1540. The van der Waals surface area contributed by atoms with Crippen LogP contribution >= 0.6 is 0 Å². The molecule has 1 fully saturated rings. The molecule has 40 heavy (non-hydrogen) atoms. The van der Waals surface area contributed by atoms with Gasteiger partial charge in [0, 0.05) is 49.9 Å². The number of pyridine rings is 1. The quantitative estimate of drug-likeness (QED) is 0.273. The third-order valence-electron chi connectivity index (χ3n) is 7.12. The van der Waals surface area contributed by atoms with Gasteiger partial charge in [0.15, 0.2) is 11.6 Å². The Hall–Kier alpha value is -4.54. The number of esters is 1. The van der Waals surface area contributed by atoms with Gasteiger partial charge in [0.05, 0.1) is 30.6 Å². The zero-order valence-electron chi connectivity index (χ0n) is 22.8. The van der Waals surface area contributed by atoms with Crippen LogP contribution in [0.3, 0.4) is 0 Å². The third kappa shape index (κ3) is 5.73. The number of aromatic amines is 1. The molecule has 5 rings (SSSR count). The third-order valence-corrected chi connectivity index (χ3v) is 7.12. The second-order valence-electron chi connectivity index (χ2n) is 9.81. The maximum atomic E-state index is 12.9. The molecule has 0 bridgehead atoms. The summed E-state index contributed by atoms with van der Waals surface area (Å²) < 4.78 is 4.77. The van der Waals surface area contributed by atoms with Crippen LogP contribution < -0.4 is 4.90 Å². The number of piperazine rings is 1. The molecular formula is C30H32N6O4. The summed E-state index contributed by atoms with van der Waals surface area (Å²) in [6.07, 6.45) is 0. The van der Waals surface area contributed by atoms with E-state index < -0.39 is 5.97 Å². The summed E-state index contributed by atoms with van der Waals surface area (Å²) in [6.45, 7) is 4.07. The van der Waals surface area contributed by atoms with Crippen LogP contribution in [0, 0.1) is 0 Å². The molecule has 1 saturated heterocycles. The van der Waals surface area contributed by atoms with Crippen LogP contribution in [-0.2, 0) is 9.53 Å². The van der Waals surface area contributed by atoms with Crippen molar-refractivity contribution in [1.82, 2.24) is 19.8 Å². The van der Waals surface area contributed by atoms with Gasteiger partial charge in [-0.2, -0.15) is 0 Å². The summed E-state index contributed by atoms with van der Waals surface area (Å²) in [7, 11) is 5.17. The molecule has 2 N–H and O–H groups in total. The lowest BCUT2D eigenvalue weighted by atomic mass is 10.0. The van der Waals surface area contributed by atoms with Gasteiger partial charge in [0.2, 0.25) is 5.91 Å². The van der Waals surface area contributed by atoms with Gasteiger partial charge < -0.3 is 24.6 Å². The van der Waals surface area contributed by atoms with Crippen molar-refractivity contribution in [3.8, 4) is 5.88 Å². The number of aliphatic imine (C=N–C) groups is 1. The molecule has 1 aliphatic heterocycles. The van der Waals surface area contributed by atoms with Crippen LogP contribution in [0.25, 0.3) is 11.0 Å². The monoisotopic (exact) mass is 540 g/mol. The van der Waals surface area contributed by atoms with Crippen molar-refractivity contribution >= 4 is 40.0 Å². The van der Waals surface area contributed by atoms with Crippen LogP contribution in [0.5, 0.6) is 5.88 Å². The molecule has 4 aromatic rings. The summed E-state index contributed by atoms with van der Waals surface area (Å²) >= 11 is 0. The Morgan fingerprint density at radius 2 is 1.73 bits per heavy atom. The molecule has 0 atom stereocenters. The van der Waals surface area contributed by atoms with Crippen molar-refractivity contribution in [2.45, 2.75) is 0 Å². The summed E-state index contributed by atoms with van der Waals surface area (Å²) in [6, 6.07) is 20.2. The van der Waals surface area contributed by atoms with Crippen LogP contribution in [0.15, 0.2) is 71.7 Å². The number of rotatable bonds is 7. The van der Waals surface area contributed by atoms with E-state index in [0.717, 1.165) is 37.4 Å². The number of methoxy groups -OCH3 is 1. The Balaban J connectivity index is 1.44. The summed E-state index contributed by atoms with van der Waals surface area (Å²) in [5.74, 6) is -0.646. The van der Waals surface area contributed by atoms with E-state index in [1.54, 1.807) is 24.1 Å². The molecule has 2 aromatic heterocycles. The number of aromatic nitrogens is 2. The lowest BCUT2D eigenvalue weighted by Gasteiger charge is -2.32. The van der Waals surface area contributed by atoms with Gasteiger partial charge in [0.1, 0.15) is 5.65 Å². The standard InChI is InChI=1S/C30H32N6O4/c1-34-15-17-36(18-16-34)19-25(37)35(2)22-11-9-21(10-12-22)31-27(20-7-5-4-6-8-20)26-23-13-14-24(30(39)40-3)32-28(23)33-29(26)38/h4-14,38H,15-19H2,1-3H3,(H,32,33). The Labute approximate surface area is 232 Å². The SMILES string of the molecule is COC(=O)c1ccc2c(C(=Nc3ccc(N(C)C(=O)CN4CCN(C)CC4)cc3)c3ccccc3)c(O)[nH]c2n1. The average Bonchev–Trinajstić information content (AvgIpc) is 3.31. The molecule has 206 valence electrons. The Morgan fingerprint density at radius 3 is 2.40 bits per heavy atom. The lowest BCUT2D eigenvalue weighted by Crippen LogP contribution is -2.48. The molecule has 0 spiro atoms. The molecule has 10 nitrogen and oxygen atoms in total. The van der Waals surface area contributed by atoms with Gasteiger partial charge in [-0.25, -0.2) is 14.8 Å². The highest BCUT2D eigenvalue weighted by molar-refractivity contribution is 6.21. The van der Waals surface area contributed by atoms with Gasteiger partial charge in [-0.15, -0.1) is 0 Å². The maximum absolute atomic E-state index is 12.9. The van der Waals surface area contributed by atoms with Gasteiger partial charge in [-0.3, -0.25) is 9.69 Å². The van der Waals surface area contributed by atoms with Crippen molar-refractivity contribution in [1.29, 1.82) is 0 Å². The van der Waals surface area contributed by atoms with Gasteiger partial charge in [-0.1, -0.05) is 30.3 Å². The van der Waals surface area contributed by atoms with Gasteiger partial charge >= 0.3 is 5.97 Å². The average molecular weight is 541 g/mol. The Kier molecular flexibility index (Phi) is 7.90. The number of ether oxygens (including phenoxy) is 1. The molecule has 0 unspecified atom stereocenters. The van der Waals surface area contributed by atoms with Crippen LogP contribution in [0.4, 0.5) is 11.4 Å². The van der Waals surface area contributed by atoms with Gasteiger partial charge in [0.25, 0.3) is 0 Å². The second kappa shape index (κ2) is 11.7. The number of hydrogen-bond acceptors (Lipinski definition) is 8. The van der Waals surface area contributed by atoms with Crippen molar-refractivity contribution in [3.05, 3.63) is 83.6 Å². The van der Waals surface area contributed by atoms with E-state index in [2.05, 4.69) is 26.8 Å². The largest absolute Gasteiger partial charge is 0.494 e. The topological polar surface area (TPSA) is 114 Å². The molecule has 1 amide bonds. The minimum atomic E-state index is -0.568. The molecular weight excluding hydrogens is 508 g/mol. The first-order valence-electron chi connectivity index (χ1n) is 13.1. The van der Waals surface area contributed by atoms with E-state index in [-0.39, 0.29) is 17.5 Å². The lowest BCUT2D eigenvalue weighted by molar-refractivity contribution is -0.119. The zero-order valence-corrected chi connectivity index (χ0v) is 22.8. The number of hydrogen-bond donors (Lipinski definition) is 2. The summed E-state index contributed by atoms with van der Waals surface area (Å²) in [5, 5.41) is 11.5. The first-order valence-corrected chi connectivity index (χ1v) is 13.1. The molecule has 10 heteroatoms. The molecule has 2 aromatic carbocycles. The highest BCUT2D eigenvalue weighted by Gasteiger charge is 2.22. The molecule has 0 saturated carbocycles. The number of nitrogens with zero attached hydrogens (tertiary/aromatic N) is 5. The van der Waals surface area contributed by atoms with Crippen LogP contribution in [0.2, 0.25) is 0 Å². The number of nitrogens with one attached hydrogen (secondary N) is 1. The second-order valence-corrected chi connectivity index (χ2v) is 9.81. The van der Waals surface area contributed by atoms with Crippen LogP contribution in [0.1, 0.15) is 21.6 Å². The fourth-order valence-corrected chi connectivity index (χ4v) is 4.70. The summed E-state index contributed by atoms with van der Waals surface area (Å²) in [4.78, 5) is 43.1. The summed E-state index contributed by atoms with van der Waals surface area (Å²) in [5.41, 5.74) is 3.68. The first kappa shape index (κ1) is 27.0. The minimum absolute atomic E-state index is 0.0355. The maximum Gasteiger partial charge on any atom is 0.356 e. The highest BCUT2D eigenvalue weighted by atomic mass is 16.5. The number of H-pyrrole nitrogens is 1. The predicted molar refractivity (Wildman–Crippen MR) is 155 cm³/mol. The molecule has 0 aliphatic carbocycles. The smallest absolute Gasteiger partial charge is 0.356 e. The van der Waals surface area contributed by atoms with Crippen molar-refractivity contribution in [2.24, 2.45) is 4.99 Å². The molecule has 3 heterocycles. The number of likely N-dealkylation sites (N-methyl/N-ethyl adjacent to an activating group) is 2. The highest BCUT2D eigenvalue weighted by Crippen LogP contribution is 2.31. The van der Waals surface area contributed by atoms with Crippen molar-refractivity contribution in [2.75, 3.05) is 58.8 Å². The van der Waals surface area contributed by atoms with E-state index in [9.17, 15) is 14.7 Å². The molecule has 1 aliphatic rings. The van der Waals surface area contributed by atoms with Gasteiger partial charge in [-0.05, 0) is 43.4 Å². The Morgan fingerprint density at radius 1 is 1.02 bits per heavy atom. The first-order chi connectivity index (χ1) is 19.3. The van der Waals surface area contributed by atoms with Crippen LogP contribution in [-0.4, -0.2) is 96.4 Å². The number of aromatic hydroxyl groups is 1. The fraction of sp³-hybridized carbons (Fsp3) is 0.267. The minimum Gasteiger partial charge on any atom is -0.494 e. The number of carbonyl (C=O) groups is 2. The van der Waals surface area contributed by atoms with E-state index in [0.29, 0.717) is 34.5 Å². The molecule has 0 radical (unpaired) electrons.